The van der Waals surface area contributed by atoms with Crippen molar-refractivity contribution in [3.05, 3.63) is 70.8 Å². The molecule has 0 saturated carbocycles. The molecule has 2 aromatic rings. The largest absolute Gasteiger partial charge is 0.0864 e. The molecule has 0 aromatic heterocycles. The Morgan fingerprint density at radius 2 is 0.941 bits per heavy atom. The molecule has 0 bridgehead atoms. The highest BCUT2D eigenvalue weighted by molar-refractivity contribution is 8.25. The summed E-state index contributed by atoms with van der Waals surface area (Å²) < 4.78 is 0. The average Bonchev–Trinajstić information content (AvgIpc) is 3.11. The van der Waals surface area contributed by atoms with E-state index in [9.17, 15) is 0 Å². The number of hydrogen-bond acceptors (Lipinski definition) is 1. The number of benzene rings is 2. The molecule has 0 amide bonds. The van der Waals surface area contributed by atoms with Crippen LogP contribution in [0.15, 0.2) is 48.5 Å². The molecule has 0 N–H and O–H groups in total. The predicted octanol–water partition coefficient (Wildman–Crippen LogP) is 4.88. The molecule has 0 radical (unpaired) electrons. The van der Waals surface area contributed by atoms with E-state index >= 15 is 0 Å². The topological polar surface area (TPSA) is 0 Å². The van der Waals surface area contributed by atoms with Crippen molar-refractivity contribution in [2.75, 3.05) is 0 Å². The molecule has 3 rings (SSSR count). The van der Waals surface area contributed by atoms with E-state index in [1.54, 1.807) is 0 Å². The van der Waals surface area contributed by atoms with E-state index in [0.29, 0.717) is 0 Å². The maximum Gasteiger partial charge on any atom is 0.0341 e. The van der Waals surface area contributed by atoms with Crippen molar-refractivity contribution in [1.82, 2.24) is 0 Å². The van der Waals surface area contributed by atoms with Crippen molar-refractivity contribution >= 4 is 21.6 Å². The molecule has 17 heavy (non-hydrogen) atoms. The maximum absolute atomic E-state index is 2.21. The lowest BCUT2D eigenvalue weighted by atomic mass is 10.1. The van der Waals surface area contributed by atoms with Gasteiger partial charge >= 0.3 is 0 Å². The van der Waals surface area contributed by atoms with Crippen LogP contribution in [0, 0.1) is 13.8 Å². The summed E-state index contributed by atoms with van der Waals surface area (Å²) in [6, 6.07) is 17.5. The Labute approximate surface area is 106 Å². The zero-order valence-electron chi connectivity index (χ0n) is 10.0. The third kappa shape index (κ3) is 2.16. The van der Waals surface area contributed by atoms with Crippen molar-refractivity contribution in [3.63, 3.8) is 0 Å². The van der Waals surface area contributed by atoms with E-state index in [0.717, 1.165) is 0 Å². The molecule has 0 saturated heterocycles. The van der Waals surface area contributed by atoms with Gasteiger partial charge in [0.2, 0.25) is 0 Å². The maximum atomic E-state index is 2.21. The summed E-state index contributed by atoms with van der Waals surface area (Å²) in [7, 11) is 0. The average molecular weight is 238 g/mol. The molecule has 0 fully saturated rings. The summed E-state index contributed by atoms with van der Waals surface area (Å²) in [5, 5.41) is 0. The van der Waals surface area contributed by atoms with Crippen molar-refractivity contribution in [1.29, 1.82) is 0 Å². The molecule has 0 nitrogen and oxygen atoms in total. The summed E-state index contributed by atoms with van der Waals surface area (Å²) >= 11 is 1.89. The van der Waals surface area contributed by atoms with Gasteiger partial charge in [-0.15, -0.1) is 0 Å². The molecule has 0 atom stereocenters. The van der Waals surface area contributed by atoms with Gasteiger partial charge in [-0.3, -0.25) is 0 Å². The van der Waals surface area contributed by atoms with Crippen LogP contribution in [0.1, 0.15) is 22.3 Å². The van der Waals surface area contributed by atoms with Gasteiger partial charge in [0.25, 0.3) is 0 Å². The second-order valence-corrected chi connectivity index (χ2v) is 5.51. The fraction of sp³-hybridized carbons (Fsp3) is 0.125. The monoisotopic (exact) mass is 238 g/mol. The number of rotatable bonds is 2. The van der Waals surface area contributed by atoms with E-state index < -0.39 is 0 Å². The van der Waals surface area contributed by atoms with Crippen molar-refractivity contribution in [3.8, 4) is 0 Å². The van der Waals surface area contributed by atoms with Crippen molar-refractivity contribution in [2.24, 2.45) is 0 Å². The van der Waals surface area contributed by atoms with Crippen LogP contribution in [-0.2, 0) is 0 Å². The quantitative estimate of drug-likeness (QED) is 0.718. The first kappa shape index (κ1) is 10.7. The molecule has 1 heteroatoms. The van der Waals surface area contributed by atoms with Gasteiger partial charge in [-0.2, -0.15) is 0 Å². The Kier molecular flexibility index (Phi) is 2.56. The van der Waals surface area contributed by atoms with E-state index in [-0.39, 0.29) is 0 Å². The molecular weight excluding hydrogens is 224 g/mol. The van der Waals surface area contributed by atoms with E-state index in [4.69, 9.17) is 0 Å². The van der Waals surface area contributed by atoms with Gasteiger partial charge in [-0.25, -0.2) is 0 Å². The fourth-order valence-electron chi connectivity index (χ4n) is 1.87. The number of thioether (sulfide) groups is 1. The Hall–Kier alpha value is -1.47. The number of aryl methyl sites for hydroxylation is 2. The van der Waals surface area contributed by atoms with E-state index in [1.165, 1.54) is 32.1 Å². The summed E-state index contributed by atoms with van der Waals surface area (Å²) in [4.78, 5) is 2.85. The van der Waals surface area contributed by atoms with Gasteiger partial charge in [0.1, 0.15) is 0 Å². The molecule has 1 aliphatic heterocycles. The predicted molar refractivity (Wildman–Crippen MR) is 76.8 cm³/mol. The smallest absolute Gasteiger partial charge is 0.0341 e. The minimum Gasteiger partial charge on any atom is -0.0864 e. The van der Waals surface area contributed by atoms with Crippen molar-refractivity contribution in [2.45, 2.75) is 13.8 Å². The standard InChI is InChI=1S/C16H14S/c1-11-3-7-13(8-4-11)15-16(17-15)14-9-5-12(2)6-10-14/h3-10H,1-2H3. The Morgan fingerprint density at radius 1 is 0.588 bits per heavy atom. The minimum absolute atomic E-state index is 1.32. The highest BCUT2D eigenvalue weighted by Gasteiger charge is 2.25. The molecule has 2 aromatic carbocycles. The molecular formula is C16H14S. The zero-order valence-corrected chi connectivity index (χ0v) is 10.8. The van der Waals surface area contributed by atoms with Crippen LogP contribution in [0.3, 0.4) is 0 Å². The van der Waals surface area contributed by atoms with E-state index in [2.05, 4.69) is 62.4 Å². The SMILES string of the molecule is Cc1ccc(C2=C(c3ccc(C)cc3)S2)cc1. The van der Waals surface area contributed by atoms with Crippen LogP contribution >= 0.6 is 11.8 Å². The van der Waals surface area contributed by atoms with Gasteiger partial charge in [-0.05, 0) is 25.0 Å². The van der Waals surface area contributed by atoms with Crippen LogP contribution in [0.25, 0.3) is 9.81 Å². The Bertz CT molecular complexity index is 520. The van der Waals surface area contributed by atoms with Crippen LogP contribution in [0.5, 0.6) is 0 Å². The van der Waals surface area contributed by atoms with Gasteiger partial charge in [0.05, 0.1) is 0 Å². The van der Waals surface area contributed by atoms with Crippen LogP contribution < -0.4 is 0 Å². The number of hydrogen-bond donors (Lipinski definition) is 0. The molecule has 0 unspecified atom stereocenters. The molecule has 1 heterocycles. The van der Waals surface area contributed by atoms with Crippen LogP contribution in [0.4, 0.5) is 0 Å². The molecule has 0 spiro atoms. The fourth-order valence-corrected chi connectivity index (χ4v) is 2.76. The minimum atomic E-state index is 1.32. The molecule has 1 aliphatic rings. The lowest BCUT2D eigenvalue weighted by Crippen LogP contribution is -1.75. The van der Waals surface area contributed by atoms with Gasteiger partial charge in [0.15, 0.2) is 0 Å². The van der Waals surface area contributed by atoms with Gasteiger partial charge < -0.3 is 0 Å². The second kappa shape index (κ2) is 4.08. The lowest BCUT2D eigenvalue weighted by Gasteiger charge is -1.94. The van der Waals surface area contributed by atoms with Gasteiger partial charge in [-0.1, -0.05) is 71.4 Å². The first-order valence-corrected chi connectivity index (χ1v) is 6.62. The van der Waals surface area contributed by atoms with Crippen molar-refractivity contribution < 1.29 is 0 Å². The third-order valence-electron chi connectivity index (χ3n) is 3.00. The normalized spacial score (nSPS) is 14.0. The summed E-state index contributed by atoms with van der Waals surface area (Å²) in [5.74, 6) is 0. The second-order valence-electron chi connectivity index (χ2n) is 4.49. The first-order valence-electron chi connectivity index (χ1n) is 5.80. The van der Waals surface area contributed by atoms with Gasteiger partial charge in [0, 0.05) is 9.81 Å². The zero-order chi connectivity index (χ0) is 11.8. The highest BCUT2D eigenvalue weighted by atomic mass is 32.2. The molecule has 84 valence electrons. The Morgan fingerprint density at radius 3 is 1.29 bits per heavy atom. The molecule has 0 aliphatic carbocycles. The van der Waals surface area contributed by atoms with Crippen LogP contribution in [-0.4, -0.2) is 0 Å². The first-order chi connectivity index (χ1) is 8.24. The third-order valence-corrected chi connectivity index (χ3v) is 4.08. The Balaban J connectivity index is 1.92. The van der Waals surface area contributed by atoms with Crippen LogP contribution in [0.2, 0.25) is 0 Å². The van der Waals surface area contributed by atoms with E-state index in [1.807, 2.05) is 11.8 Å². The highest BCUT2D eigenvalue weighted by Crippen LogP contribution is 2.58. The lowest BCUT2D eigenvalue weighted by molar-refractivity contribution is 1.46. The summed E-state index contributed by atoms with van der Waals surface area (Å²) in [5.41, 5.74) is 5.32. The summed E-state index contributed by atoms with van der Waals surface area (Å²) in [6.45, 7) is 4.25. The summed E-state index contributed by atoms with van der Waals surface area (Å²) in [6.07, 6.45) is 0.